The molecule has 4 rings (SSSR count). The maximum absolute atomic E-state index is 14.1. The van der Waals surface area contributed by atoms with Crippen LogP contribution in [0.3, 0.4) is 0 Å². The third-order valence-electron chi connectivity index (χ3n) is 7.25. The summed E-state index contributed by atoms with van der Waals surface area (Å²) in [5.74, 6) is 0. The number of hydrogen-bond donors (Lipinski definition) is 1. The van der Waals surface area contributed by atoms with Gasteiger partial charge in [-0.2, -0.15) is 8.61 Å². The van der Waals surface area contributed by atoms with Crippen LogP contribution in [0.25, 0.3) is 0 Å². The maximum Gasteiger partial charge on any atom is 0.243 e. The molecule has 3 aromatic carbocycles. The third kappa shape index (κ3) is 7.27. The van der Waals surface area contributed by atoms with E-state index in [0.29, 0.717) is 44.5 Å². The first-order valence-corrected chi connectivity index (χ1v) is 16.5. The topological polar surface area (TPSA) is 86.8 Å². The lowest BCUT2D eigenvalue weighted by atomic mass is 9.99. The highest BCUT2D eigenvalue weighted by atomic mass is 32.2. The molecule has 3 aromatic rings. The van der Waals surface area contributed by atoms with Gasteiger partial charge in [-0.15, -0.1) is 0 Å². The van der Waals surface area contributed by atoms with Crippen molar-refractivity contribution >= 4 is 20.0 Å². The normalized spacial score (nSPS) is 19.1. The molecule has 1 atom stereocenters. The summed E-state index contributed by atoms with van der Waals surface area (Å²) in [6.07, 6.45) is 1.64. The highest BCUT2D eigenvalue weighted by Gasteiger charge is 2.35. The summed E-state index contributed by atoms with van der Waals surface area (Å²) >= 11 is 0. The van der Waals surface area contributed by atoms with Crippen molar-refractivity contribution in [2.24, 2.45) is 0 Å². The maximum atomic E-state index is 14.1. The standard InChI is InChI=1S/C31H39N3O4S2/c1-25-11-15-29(16-12-25)39(35,36)33-21-7-19-32-20-8-22-34(40(37,38)30-17-13-26(2)14-18-30)31(27(3)24-33)23-28-9-5-4-6-10-28/h4-6,9-18,31-32H,3,7-8,19-24H2,1-2H3. The minimum atomic E-state index is -3.90. The van der Waals surface area contributed by atoms with Gasteiger partial charge in [0.15, 0.2) is 0 Å². The Morgan fingerprint density at radius 1 is 0.750 bits per heavy atom. The highest BCUT2D eigenvalue weighted by Crippen LogP contribution is 2.27. The molecule has 0 saturated carbocycles. The molecule has 0 bridgehead atoms. The van der Waals surface area contributed by atoms with Crippen molar-refractivity contribution in [1.82, 2.24) is 13.9 Å². The van der Waals surface area contributed by atoms with Crippen LogP contribution in [-0.4, -0.2) is 64.2 Å². The van der Waals surface area contributed by atoms with Crippen molar-refractivity contribution in [3.05, 3.63) is 108 Å². The molecule has 0 aliphatic carbocycles. The van der Waals surface area contributed by atoms with Crippen molar-refractivity contribution < 1.29 is 16.8 Å². The molecule has 214 valence electrons. The summed E-state index contributed by atoms with van der Waals surface area (Å²) in [5.41, 5.74) is 3.44. The van der Waals surface area contributed by atoms with Crippen LogP contribution in [0.5, 0.6) is 0 Å². The Hall–Kier alpha value is -2.82. The van der Waals surface area contributed by atoms with E-state index in [9.17, 15) is 16.8 Å². The quantitative estimate of drug-likeness (QED) is 0.432. The number of benzene rings is 3. The molecular weight excluding hydrogens is 542 g/mol. The van der Waals surface area contributed by atoms with Gasteiger partial charge < -0.3 is 5.32 Å². The Balaban J connectivity index is 1.76. The molecule has 1 aliphatic rings. The van der Waals surface area contributed by atoms with Gasteiger partial charge in [-0.3, -0.25) is 0 Å². The van der Waals surface area contributed by atoms with E-state index in [1.165, 1.54) is 8.61 Å². The van der Waals surface area contributed by atoms with E-state index >= 15 is 0 Å². The molecule has 9 heteroatoms. The van der Waals surface area contributed by atoms with Crippen molar-refractivity contribution in [3.63, 3.8) is 0 Å². The molecule has 1 aliphatic heterocycles. The lowest BCUT2D eigenvalue weighted by Crippen LogP contribution is -2.47. The average molecular weight is 582 g/mol. The number of sulfonamides is 2. The van der Waals surface area contributed by atoms with E-state index in [2.05, 4.69) is 11.9 Å². The van der Waals surface area contributed by atoms with Gasteiger partial charge in [0.2, 0.25) is 20.0 Å². The van der Waals surface area contributed by atoms with Gasteiger partial charge in [-0.1, -0.05) is 72.3 Å². The summed E-state index contributed by atoms with van der Waals surface area (Å²) in [4.78, 5) is 0.433. The second-order valence-corrected chi connectivity index (χ2v) is 14.2. The zero-order valence-corrected chi connectivity index (χ0v) is 24.9. The van der Waals surface area contributed by atoms with Gasteiger partial charge in [0.1, 0.15) is 0 Å². The number of hydrogen-bond acceptors (Lipinski definition) is 5. The summed E-state index contributed by atoms with van der Waals surface area (Å²) < 4.78 is 58.8. The van der Waals surface area contributed by atoms with Crippen LogP contribution in [0.1, 0.15) is 29.5 Å². The van der Waals surface area contributed by atoms with Crippen LogP contribution in [0.2, 0.25) is 0 Å². The molecule has 1 unspecified atom stereocenters. The Kier molecular flexibility index (Phi) is 9.97. The SMILES string of the molecule is C=C1CN(S(=O)(=O)c2ccc(C)cc2)CCCNCCCN(S(=O)(=O)c2ccc(C)cc2)C1Cc1ccccc1. The molecule has 1 saturated heterocycles. The van der Waals surface area contributed by atoms with Gasteiger partial charge in [0.05, 0.1) is 15.8 Å². The Morgan fingerprint density at radius 2 is 1.27 bits per heavy atom. The fourth-order valence-electron chi connectivity index (χ4n) is 4.92. The van der Waals surface area contributed by atoms with Gasteiger partial charge in [0.25, 0.3) is 0 Å². The van der Waals surface area contributed by atoms with Crippen LogP contribution in [-0.2, 0) is 26.5 Å². The van der Waals surface area contributed by atoms with Crippen molar-refractivity contribution in [1.29, 1.82) is 0 Å². The summed E-state index contributed by atoms with van der Waals surface area (Å²) in [6.45, 7) is 10.0. The fourth-order valence-corrected chi connectivity index (χ4v) is 8.08. The first-order chi connectivity index (χ1) is 19.1. The second-order valence-electron chi connectivity index (χ2n) is 10.4. The van der Waals surface area contributed by atoms with Crippen molar-refractivity contribution in [2.45, 2.75) is 48.9 Å². The number of aryl methyl sites for hydroxylation is 2. The first-order valence-electron chi connectivity index (χ1n) is 13.7. The van der Waals surface area contributed by atoms with Gasteiger partial charge in [0, 0.05) is 19.6 Å². The smallest absolute Gasteiger partial charge is 0.243 e. The molecule has 1 heterocycles. The molecule has 7 nitrogen and oxygen atoms in total. The molecule has 0 amide bonds. The highest BCUT2D eigenvalue weighted by molar-refractivity contribution is 7.89. The van der Waals surface area contributed by atoms with E-state index in [-0.39, 0.29) is 22.9 Å². The Labute approximate surface area is 239 Å². The summed E-state index contributed by atoms with van der Waals surface area (Å²) in [6, 6.07) is 22.7. The van der Waals surface area contributed by atoms with E-state index in [4.69, 9.17) is 0 Å². The monoisotopic (exact) mass is 581 g/mol. The Bertz CT molecular complexity index is 1490. The summed E-state index contributed by atoms with van der Waals surface area (Å²) in [5, 5.41) is 3.35. The van der Waals surface area contributed by atoms with E-state index < -0.39 is 26.1 Å². The second kappa shape index (κ2) is 13.2. The lowest BCUT2D eigenvalue weighted by Gasteiger charge is -2.35. The fraction of sp³-hybridized carbons (Fsp3) is 0.355. The van der Waals surface area contributed by atoms with Crippen LogP contribution < -0.4 is 5.32 Å². The predicted octanol–water partition coefficient (Wildman–Crippen LogP) is 4.54. The zero-order chi connectivity index (χ0) is 28.8. The van der Waals surface area contributed by atoms with E-state index in [0.717, 1.165) is 16.7 Å². The third-order valence-corrected chi connectivity index (χ3v) is 11.0. The van der Waals surface area contributed by atoms with Crippen LogP contribution in [0.15, 0.2) is 101 Å². The number of nitrogens with zero attached hydrogens (tertiary/aromatic N) is 2. The lowest BCUT2D eigenvalue weighted by molar-refractivity contribution is 0.318. The molecule has 0 spiro atoms. The van der Waals surface area contributed by atoms with Gasteiger partial charge in [-0.05, 0) is 81.6 Å². The molecule has 1 N–H and O–H groups in total. The predicted molar refractivity (Wildman–Crippen MR) is 160 cm³/mol. The average Bonchev–Trinajstić information content (AvgIpc) is 2.93. The summed E-state index contributed by atoms with van der Waals surface area (Å²) in [7, 11) is -7.73. The van der Waals surface area contributed by atoms with Crippen molar-refractivity contribution in [2.75, 3.05) is 32.7 Å². The van der Waals surface area contributed by atoms with Crippen molar-refractivity contribution in [3.8, 4) is 0 Å². The molecule has 0 aromatic heterocycles. The minimum absolute atomic E-state index is 0.0215. The molecule has 1 fully saturated rings. The van der Waals surface area contributed by atoms with E-state index in [1.54, 1.807) is 48.5 Å². The Morgan fingerprint density at radius 3 is 1.85 bits per heavy atom. The van der Waals surface area contributed by atoms with Gasteiger partial charge in [-0.25, -0.2) is 16.8 Å². The minimum Gasteiger partial charge on any atom is -0.317 e. The number of rotatable bonds is 6. The van der Waals surface area contributed by atoms with E-state index in [1.807, 2.05) is 44.2 Å². The molecule has 0 radical (unpaired) electrons. The first kappa shape index (κ1) is 30.1. The molecule has 40 heavy (non-hydrogen) atoms. The number of nitrogens with one attached hydrogen (secondary N) is 1. The van der Waals surface area contributed by atoms with Crippen LogP contribution in [0.4, 0.5) is 0 Å². The molecular formula is C31H39N3O4S2. The van der Waals surface area contributed by atoms with Gasteiger partial charge >= 0.3 is 0 Å². The van der Waals surface area contributed by atoms with Crippen LogP contribution >= 0.6 is 0 Å². The zero-order valence-electron chi connectivity index (χ0n) is 23.3. The largest absolute Gasteiger partial charge is 0.317 e. The van der Waals surface area contributed by atoms with Crippen LogP contribution in [0, 0.1) is 13.8 Å².